The van der Waals surface area contributed by atoms with E-state index in [0.29, 0.717) is 12.2 Å². The number of imidazole rings is 1. The SMILES string of the molecule is CCNC(=O)c1noc(-c2cnc(C3(N)CCC3)[nH]2)n1. The molecule has 0 spiro atoms. The van der Waals surface area contributed by atoms with Crippen LogP contribution in [-0.2, 0) is 5.54 Å². The molecule has 4 N–H and O–H groups in total. The highest BCUT2D eigenvalue weighted by atomic mass is 16.5. The van der Waals surface area contributed by atoms with Crippen LogP contribution in [0.2, 0.25) is 0 Å². The van der Waals surface area contributed by atoms with Gasteiger partial charge in [0.05, 0.1) is 11.7 Å². The summed E-state index contributed by atoms with van der Waals surface area (Å²) >= 11 is 0. The summed E-state index contributed by atoms with van der Waals surface area (Å²) < 4.78 is 5.06. The van der Waals surface area contributed by atoms with E-state index >= 15 is 0 Å². The number of hydrogen-bond acceptors (Lipinski definition) is 6. The van der Waals surface area contributed by atoms with E-state index in [-0.39, 0.29) is 23.2 Å². The molecule has 1 fully saturated rings. The molecular weight excluding hydrogens is 260 g/mol. The Morgan fingerprint density at radius 3 is 3.05 bits per heavy atom. The summed E-state index contributed by atoms with van der Waals surface area (Å²) in [5, 5.41) is 6.24. The zero-order chi connectivity index (χ0) is 14.2. The zero-order valence-corrected chi connectivity index (χ0v) is 11.1. The molecule has 20 heavy (non-hydrogen) atoms. The maximum Gasteiger partial charge on any atom is 0.292 e. The van der Waals surface area contributed by atoms with E-state index in [1.54, 1.807) is 6.20 Å². The predicted molar refractivity (Wildman–Crippen MR) is 69.6 cm³/mol. The minimum absolute atomic E-state index is 0.00380. The standard InChI is InChI=1S/C12H16N6O2/c1-2-14-9(19)8-17-10(20-18-8)7-6-15-11(16-7)12(13)4-3-5-12/h6H,2-5,13H2,1H3,(H,14,19)(H,15,16). The lowest BCUT2D eigenvalue weighted by Crippen LogP contribution is -2.44. The largest absolute Gasteiger partial charge is 0.349 e. The third kappa shape index (κ3) is 2.07. The van der Waals surface area contributed by atoms with Gasteiger partial charge in [-0.25, -0.2) is 4.98 Å². The van der Waals surface area contributed by atoms with E-state index in [1.807, 2.05) is 6.92 Å². The van der Waals surface area contributed by atoms with Gasteiger partial charge < -0.3 is 20.6 Å². The monoisotopic (exact) mass is 276 g/mol. The molecule has 1 amide bonds. The minimum atomic E-state index is -0.374. The van der Waals surface area contributed by atoms with Gasteiger partial charge in [0.15, 0.2) is 0 Å². The fourth-order valence-electron chi connectivity index (χ4n) is 2.14. The van der Waals surface area contributed by atoms with Gasteiger partial charge in [-0.05, 0) is 26.2 Å². The van der Waals surface area contributed by atoms with Gasteiger partial charge in [0, 0.05) is 6.54 Å². The number of carbonyl (C=O) groups excluding carboxylic acids is 1. The van der Waals surface area contributed by atoms with Crippen molar-refractivity contribution in [3.63, 3.8) is 0 Å². The highest BCUT2D eigenvalue weighted by Crippen LogP contribution is 2.37. The van der Waals surface area contributed by atoms with E-state index in [4.69, 9.17) is 10.3 Å². The molecule has 1 aliphatic carbocycles. The highest BCUT2D eigenvalue weighted by molar-refractivity contribution is 5.90. The summed E-state index contributed by atoms with van der Waals surface area (Å²) in [6.45, 7) is 2.33. The van der Waals surface area contributed by atoms with Crippen molar-refractivity contribution in [1.82, 2.24) is 25.4 Å². The summed E-state index contributed by atoms with van der Waals surface area (Å²) in [7, 11) is 0. The molecule has 8 nitrogen and oxygen atoms in total. The third-order valence-corrected chi connectivity index (χ3v) is 3.49. The molecule has 1 aliphatic rings. The molecule has 8 heteroatoms. The Bertz CT molecular complexity index is 627. The van der Waals surface area contributed by atoms with Crippen LogP contribution in [0.5, 0.6) is 0 Å². The number of aromatic amines is 1. The Balaban J connectivity index is 1.81. The predicted octanol–water partition coefficient (Wildman–Crippen LogP) is 0.547. The molecule has 0 aromatic carbocycles. The van der Waals surface area contributed by atoms with E-state index in [1.165, 1.54) is 0 Å². The average Bonchev–Trinajstić information content (AvgIpc) is 3.05. The minimum Gasteiger partial charge on any atom is -0.349 e. The topological polar surface area (TPSA) is 123 Å². The molecule has 2 aromatic heterocycles. The van der Waals surface area contributed by atoms with Crippen LogP contribution in [0, 0.1) is 0 Å². The van der Waals surface area contributed by atoms with Gasteiger partial charge >= 0.3 is 0 Å². The summed E-state index contributed by atoms with van der Waals surface area (Å²) in [6.07, 6.45) is 4.52. The van der Waals surface area contributed by atoms with Crippen molar-refractivity contribution in [2.75, 3.05) is 6.54 Å². The number of rotatable bonds is 4. The van der Waals surface area contributed by atoms with Crippen molar-refractivity contribution in [3.8, 4) is 11.6 Å². The molecule has 0 aliphatic heterocycles. The number of amides is 1. The van der Waals surface area contributed by atoms with Gasteiger partial charge in [-0.3, -0.25) is 4.79 Å². The fraction of sp³-hybridized carbons (Fsp3) is 0.500. The van der Waals surface area contributed by atoms with Gasteiger partial charge in [-0.2, -0.15) is 4.98 Å². The fourth-order valence-corrected chi connectivity index (χ4v) is 2.14. The number of hydrogen-bond donors (Lipinski definition) is 3. The van der Waals surface area contributed by atoms with Crippen molar-refractivity contribution in [1.29, 1.82) is 0 Å². The molecule has 1 saturated carbocycles. The molecule has 0 radical (unpaired) electrons. The van der Waals surface area contributed by atoms with Gasteiger partial charge in [0.1, 0.15) is 11.5 Å². The first kappa shape index (κ1) is 12.8. The van der Waals surface area contributed by atoms with Crippen LogP contribution >= 0.6 is 0 Å². The molecule has 2 heterocycles. The Labute approximate surface area is 115 Å². The van der Waals surface area contributed by atoms with E-state index in [2.05, 4.69) is 25.4 Å². The number of carbonyl (C=O) groups is 1. The Morgan fingerprint density at radius 2 is 2.40 bits per heavy atom. The number of aromatic nitrogens is 4. The first-order chi connectivity index (χ1) is 9.62. The van der Waals surface area contributed by atoms with E-state index in [9.17, 15) is 4.79 Å². The van der Waals surface area contributed by atoms with Crippen molar-refractivity contribution in [3.05, 3.63) is 17.8 Å². The zero-order valence-electron chi connectivity index (χ0n) is 11.1. The molecule has 2 aromatic rings. The number of H-pyrrole nitrogens is 1. The smallest absolute Gasteiger partial charge is 0.292 e. The maximum atomic E-state index is 11.6. The van der Waals surface area contributed by atoms with Crippen LogP contribution in [0.3, 0.4) is 0 Å². The second-order valence-electron chi connectivity index (χ2n) is 4.94. The molecule has 0 bridgehead atoms. The van der Waals surface area contributed by atoms with Crippen molar-refractivity contribution in [2.24, 2.45) is 5.73 Å². The Morgan fingerprint density at radius 1 is 1.60 bits per heavy atom. The summed E-state index contributed by atoms with van der Waals surface area (Å²) in [4.78, 5) is 23.0. The maximum absolute atomic E-state index is 11.6. The first-order valence-corrected chi connectivity index (χ1v) is 6.59. The summed E-state index contributed by atoms with van der Waals surface area (Å²) in [6, 6.07) is 0. The summed E-state index contributed by atoms with van der Waals surface area (Å²) in [5.41, 5.74) is 6.38. The van der Waals surface area contributed by atoms with Gasteiger partial charge in [-0.1, -0.05) is 5.16 Å². The molecular formula is C12H16N6O2. The lowest BCUT2D eigenvalue weighted by Gasteiger charge is -2.35. The second kappa shape index (κ2) is 4.71. The van der Waals surface area contributed by atoms with Crippen molar-refractivity contribution >= 4 is 5.91 Å². The van der Waals surface area contributed by atoms with Crippen LogP contribution in [0.25, 0.3) is 11.6 Å². The highest BCUT2D eigenvalue weighted by Gasteiger charge is 2.37. The average molecular weight is 276 g/mol. The van der Waals surface area contributed by atoms with Crippen LogP contribution < -0.4 is 11.1 Å². The number of nitrogens with one attached hydrogen (secondary N) is 2. The van der Waals surface area contributed by atoms with E-state index < -0.39 is 0 Å². The van der Waals surface area contributed by atoms with Crippen LogP contribution in [0.1, 0.15) is 42.6 Å². The quantitative estimate of drug-likeness (QED) is 0.749. The van der Waals surface area contributed by atoms with E-state index in [0.717, 1.165) is 25.1 Å². The first-order valence-electron chi connectivity index (χ1n) is 6.59. The van der Waals surface area contributed by atoms with Gasteiger partial charge in [-0.15, -0.1) is 0 Å². The second-order valence-corrected chi connectivity index (χ2v) is 4.94. The molecule has 106 valence electrons. The molecule has 0 atom stereocenters. The third-order valence-electron chi connectivity index (χ3n) is 3.49. The lowest BCUT2D eigenvalue weighted by molar-refractivity contribution is 0.0942. The lowest BCUT2D eigenvalue weighted by atomic mass is 9.77. The molecule has 0 unspecified atom stereocenters. The Kier molecular flexibility index (Phi) is 3.01. The van der Waals surface area contributed by atoms with Crippen molar-refractivity contribution in [2.45, 2.75) is 31.7 Å². The van der Waals surface area contributed by atoms with Gasteiger partial charge in [0.25, 0.3) is 17.6 Å². The van der Waals surface area contributed by atoms with Crippen LogP contribution in [-0.4, -0.2) is 32.6 Å². The van der Waals surface area contributed by atoms with Gasteiger partial charge in [0.2, 0.25) is 0 Å². The van der Waals surface area contributed by atoms with Crippen LogP contribution in [0.15, 0.2) is 10.7 Å². The molecule has 0 saturated heterocycles. The Hall–Kier alpha value is -2.22. The normalized spacial score (nSPS) is 16.7. The number of nitrogens with zero attached hydrogens (tertiary/aromatic N) is 3. The number of nitrogens with two attached hydrogens (primary N) is 1. The van der Waals surface area contributed by atoms with Crippen LogP contribution in [0.4, 0.5) is 0 Å². The summed E-state index contributed by atoms with van der Waals surface area (Å²) in [5.74, 6) is 0.588. The van der Waals surface area contributed by atoms with Crippen molar-refractivity contribution < 1.29 is 9.32 Å². The molecule has 3 rings (SSSR count).